The van der Waals surface area contributed by atoms with Gasteiger partial charge in [0.15, 0.2) is 17.3 Å². The number of rotatable bonds is 2. The van der Waals surface area contributed by atoms with E-state index in [1.165, 1.54) is 4.40 Å². The zero-order valence-corrected chi connectivity index (χ0v) is 9.49. The van der Waals surface area contributed by atoms with Crippen LogP contribution >= 0.6 is 0 Å². The van der Waals surface area contributed by atoms with Crippen LogP contribution < -0.4 is 0 Å². The van der Waals surface area contributed by atoms with Crippen molar-refractivity contribution < 1.29 is 14.3 Å². The molecule has 0 spiro atoms. The fourth-order valence-electron chi connectivity index (χ4n) is 1.72. The molecule has 6 nitrogen and oxygen atoms in total. The molecule has 0 aliphatic carbocycles. The first-order valence-corrected chi connectivity index (χ1v) is 5.37. The molecule has 0 unspecified atom stereocenters. The van der Waals surface area contributed by atoms with E-state index in [1.807, 2.05) is 0 Å². The van der Waals surface area contributed by atoms with Crippen molar-refractivity contribution in [3.05, 3.63) is 48.0 Å². The second kappa shape index (κ2) is 4.13. The van der Waals surface area contributed by atoms with Gasteiger partial charge in [0.05, 0.1) is 0 Å². The van der Waals surface area contributed by atoms with E-state index in [1.54, 1.807) is 24.4 Å². The Kier molecular flexibility index (Phi) is 2.45. The maximum atomic E-state index is 13.8. The van der Waals surface area contributed by atoms with Crippen molar-refractivity contribution in [2.45, 2.75) is 0 Å². The van der Waals surface area contributed by atoms with Gasteiger partial charge >= 0.3 is 5.97 Å². The lowest BCUT2D eigenvalue weighted by Crippen LogP contribution is -2.04. The van der Waals surface area contributed by atoms with Crippen LogP contribution in [0.3, 0.4) is 0 Å². The lowest BCUT2D eigenvalue weighted by atomic mass is 10.2. The van der Waals surface area contributed by atoms with Crippen LogP contribution in [0.15, 0.2) is 36.5 Å². The Labute approximate surface area is 106 Å². The fraction of sp³-hybridized carbons (Fsp3) is 0. The normalized spacial score (nSPS) is 10.8. The zero-order chi connectivity index (χ0) is 13.4. The molecule has 0 bridgehead atoms. The average molecular weight is 258 g/mol. The van der Waals surface area contributed by atoms with Crippen LogP contribution in [0.4, 0.5) is 4.39 Å². The highest BCUT2D eigenvalue weighted by molar-refractivity contribution is 5.86. The van der Waals surface area contributed by atoms with Crippen molar-refractivity contribution in [3.8, 4) is 11.5 Å². The van der Waals surface area contributed by atoms with Crippen molar-refractivity contribution in [1.82, 2.24) is 19.6 Å². The molecule has 3 heterocycles. The number of hydrogen-bond acceptors (Lipinski definition) is 4. The molecule has 0 amide bonds. The SMILES string of the molecule is O=C(O)c1ccc(F)c(-c2nnc3ccccn23)n1. The molecule has 19 heavy (non-hydrogen) atoms. The maximum absolute atomic E-state index is 13.8. The molecule has 0 aliphatic rings. The second-order valence-corrected chi connectivity index (χ2v) is 3.78. The lowest BCUT2D eigenvalue weighted by molar-refractivity contribution is 0.0690. The van der Waals surface area contributed by atoms with Crippen molar-refractivity contribution in [1.29, 1.82) is 0 Å². The topological polar surface area (TPSA) is 80.4 Å². The molecule has 94 valence electrons. The molecule has 0 radical (unpaired) electrons. The quantitative estimate of drug-likeness (QED) is 0.755. The Hall–Kier alpha value is -2.83. The monoisotopic (exact) mass is 258 g/mol. The minimum atomic E-state index is -1.23. The van der Waals surface area contributed by atoms with Crippen molar-refractivity contribution >= 4 is 11.6 Å². The smallest absolute Gasteiger partial charge is 0.354 e. The van der Waals surface area contributed by atoms with Gasteiger partial charge < -0.3 is 5.11 Å². The van der Waals surface area contributed by atoms with Gasteiger partial charge in [-0.25, -0.2) is 14.2 Å². The summed E-state index contributed by atoms with van der Waals surface area (Å²) in [5.41, 5.74) is 0.141. The minimum Gasteiger partial charge on any atom is -0.477 e. The third-order valence-electron chi connectivity index (χ3n) is 2.59. The maximum Gasteiger partial charge on any atom is 0.354 e. The van der Waals surface area contributed by atoms with Crippen LogP contribution in [-0.4, -0.2) is 30.7 Å². The predicted molar refractivity (Wildman–Crippen MR) is 63.1 cm³/mol. The number of pyridine rings is 2. The van der Waals surface area contributed by atoms with Crippen LogP contribution in [0, 0.1) is 5.82 Å². The lowest BCUT2D eigenvalue weighted by Gasteiger charge is -2.02. The first kappa shape index (κ1) is 11.3. The summed E-state index contributed by atoms with van der Waals surface area (Å²) in [5, 5.41) is 16.6. The number of carboxylic acids is 1. The fourth-order valence-corrected chi connectivity index (χ4v) is 1.72. The molecule has 1 N–H and O–H groups in total. The summed E-state index contributed by atoms with van der Waals surface area (Å²) >= 11 is 0. The number of carboxylic acid groups (broad SMARTS) is 1. The van der Waals surface area contributed by atoms with Crippen LogP contribution in [0.1, 0.15) is 10.5 Å². The number of hydrogen-bond donors (Lipinski definition) is 1. The van der Waals surface area contributed by atoms with Gasteiger partial charge in [0.1, 0.15) is 11.4 Å². The van der Waals surface area contributed by atoms with Crippen molar-refractivity contribution in [2.24, 2.45) is 0 Å². The molecule has 3 rings (SSSR count). The number of carbonyl (C=O) groups is 1. The van der Waals surface area contributed by atoms with Crippen LogP contribution in [-0.2, 0) is 0 Å². The Morgan fingerprint density at radius 2 is 2.05 bits per heavy atom. The first-order valence-electron chi connectivity index (χ1n) is 5.37. The number of aromatic nitrogens is 4. The Balaban J connectivity index is 2.26. The van der Waals surface area contributed by atoms with E-state index in [9.17, 15) is 9.18 Å². The van der Waals surface area contributed by atoms with Gasteiger partial charge in [0.2, 0.25) is 0 Å². The Morgan fingerprint density at radius 3 is 2.84 bits per heavy atom. The van der Waals surface area contributed by atoms with E-state index < -0.39 is 11.8 Å². The van der Waals surface area contributed by atoms with E-state index in [0.29, 0.717) is 5.65 Å². The van der Waals surface area contributed by atoms with E-state index in [0.717, 1.165) is 12.1 Å². The van der Waals surface area contributed by atoms with Gasteiger partial charge in [-0.2, -0.15) is 0 Å². The highest BCUT2D eigenvalue weighted by atomic mass is 19.1. The third-order valence-corrected chi connectivity index (χ3v) is 2.59. The summed E-state index contributed by atoms with van der Waals surface area (Å²) in [7, 11) is 0. The van der Waals surface area contributed by atoms with Gasteiger partial charge in [-0.3, -0.25) is 4.40 Å². The minimum absolute atomic E-state index is 0.140. The van der Waals surface area contributed by atoms with Crippen LogP contribution in [0.25, 0.3) is 17.2 Å². The molecule has 0 aliphatic heterocycles. The number of nitrogens with zero attached hydrogens (tertiary/aromatic N) is 4. The van der Waals surface area contributed by atoms with Crippen LogP contribution in [0.2, 0.25) is 0 Å². The van der Waals surface area contributed by atoms with Gasteiger partial charge in [-0.15, -0.1) is 10.2 Å². The van der Waals surface area contributed by atoms with E-state index >= 15 is 0 Å². The molecule has 0 fully saturated rings. The largest absolute Gasteiger partial charge is 0.477 e. The number of fused-ring (bicyclic) bond motifs is 1. The Bertz CT molecular complexity index is 784. The summed E-state index contributed by atoms with van der Waals surface area (Å²) in [6.07, 6.45) is 1.65. The standard InChI is InChI=1S/C12H7FN4O2/c13-7-4-5-8(12(18)19)14-10(7)11-16-15-9-3-1-2-6-17(9)11/h1-6H,(H,18,19). The summed E-state index contributed by atoms with van der Waals surface area (Å²) < 4.78 is 15.3. The molecular weight excluding hydrogens is 251 g/mol. The predicted octanol–water partition coefficient (Wildman–Crippen LogP) is 1.63. The summed E-state index contributed by atoms with van der Waals surface area (Å²) in [4.78, 5) is 14.6. The van der Waals surface area contributed by atoms with E-state index in [2.05, 4.69) is 15.2 Å². The number of aromatic carboxylic acids is 1. The molecular formula is C12H7FN4O2. The molecule has 7 heteroatoms. The highest BCUT2D eigenvalue weighted by Gasteiger charge is 2.16. The van der Waals surface area contributed by atoms with Gasteiger partial charge in [-0.1, -0.05) is 6.07 Å². The van der Waals surface area contributed by atoms with Crippen LogP contribution in [0.5, 0.6) is 0 Å². The first-order chi connectivity index (χ1) is 9.16. The highest BCUT2D eigenvalue weighted by Crippen LogP contribution is 2.19. The van der Waals surface area contributed by atoms with Crippen molar-refractivity contribution in [3.63, 3.8) is 0 Å². The average Bonchev–Trinajstić information content (AvgIpc) is 2.83. The van der Waals surface area contributed by atoms with Gasteiger partial charge in [0, 0.05) is 6.20 Å². The second-order valence-electron chi connectivity index (χ2n) is 3.78. The van der Waals surface area contributed by atoms with Gasteiger partial charge in [0.25, 0.3) is 0 Å². The molecule has 0 aromatic carbocycles. The molecule has 0 saturated heterocycles. The zero-order valence-electron chi connectivity index (χ0n) is 9.49. The van der Waals surface area contributed by atoms with E-state index in [-0.39, 0.29) is 17.2 Å². The van der Waals surface area contributed by atoms with Crippen molar-refractivity contribution in [2.75, 3.05) is 0 Å². The third kappa shape index (κ3) is 1.81. The molecule has 3 aromatic rings. The summed E-state index contributed by atoms with van der Waals surface area (Å²) in [6, 6.07) is 7.36. The Morgan fingerprint density at radius 1 is 1.21 bits per heavy atom. The molecule has 0 atom stereocenters. The molecule has 0 saturated carbocycles. The van der Waals surface area contributed by atoms with E-state index in [4.69, 9.17) is 5.11 Å². The molecule has 3 aromatic heterocycles. The summed E-state index contributed by atoms with van der Waals surface area (Å²) in [5.74, 6) is -1.71. The van der Waals surface area contributed by atoms with Gasteiger partial charge in [-0.05, 0) is 24.3 Å². The number of halogens is 1. The summed E-state index contributed by atoms with van der Waals surface area (Å²) in [6.45, 7) is 0.